The minimum Gasteiger partial charge on any atom is -0.351 e. The van der Waals surface area contributed by atoms with E-state index in [2.05, 4.69) is 20.5 Å². The van der Waals surface area contributed by atoms with E-state index < -0.39 is 0 Å². The van der Waals surface area contributed by atoms with E-state index in [0.717, 1.165) is 24.1 Å². The Labute approximate surface area is 123 Å². The highest BCUT2D eigenvalue weighted by molar-refractivity contribution is 5.92. The number of nitriles is 1. The molecule has 2 rings (SSSR count). The van der Waals surface area contributed by atoms with E-state index in [4.69, 9.17) is 5.26 Å². The summed E-state index contributed by atoms with van der Waals surface area (Å²) in [5, 5.41) is 18.5. The van der Waals surface area contributed by atoms with Gasteiger partial charge in [0.05, 0.1) is 17.5 Å². The number of amides is 1. The quantitative estimate of drug-likeness (QED) is 0.816. The first kappa shape index (κ1) is 14.7. The minimum atomic E-state index is -0.216. The third-order valence-electron chi connectivity index (χ3n) is 3.28. The molecule has 0 fully saturated rings. The minimum absolute atomic E-state index is 0.216. The van der Waals surface area contributed by atoms with Crippen LogP contribution in [0.4, 0.5) is 0 Å². The van der Waals surface area contributed by atoms with E-state index in [9.17, 15) is 4.79 Å². The van der Waals surface area contributed by atoms with Gasteiger partial charge >= 0.3 is 0 Å². The first-order valence-electron chi connectivity index (χ1n) is 6.76. The van der Waals surface area contributed by atoms with Gasteiger partial charge in [-0.15, -0.1) is 0 Å². The summed E-state index contributed by atoms with van der Waals surface area (Å²) in [6, 6.07) is 5.22. The normalized spacial score (nSPS) is 10.1. The fourth-order valence-electron chi connectivity index (χ4n) is 2.00. The fourth-order valence-corrected chi connectivity index (χ4v) is 2.00. The van der Waals surface area contributed by atoms with Crippen LogP contribution in [0.5, 0.6) is 0 Å². The Morgan fingerprint density at radius 3 is 2.86 bits per heavy atom. The highest BCUT2D eigenvalue weighted by Crippen LogP contribution is 2.07. The average Bonchev–Trinajstić information content (AvgIpc) is 2.88. The number of carbonyl (C=O) groups excluding carboxylic acids is 1. The van der Waals surface area contributed by atoms with Gasteiger partial charge in [0.25, 0.3) is 5.91 Å². The molecule has 0 aliphatic carbocycles. The van der Waals surface area contributed by atoms with Crippen LogP contribution >= 0.6 is 0 Å². The van der Waals surface area contributed by atoms with Gasteiger partial charge < -0.3 is 5.32 Å². The monoisotopic (exact) mass is 283 g/mol. The molecule has 0 spiro atoms. The van der Waals surface area contributed by atoms with Crippen LogP contribution in [-0.2, 0) is 6.42 Å². The van der Waals surface area contributed by atoms with Crippen LogP contribution in [0, 0.1) is 25.2 Å². The van der Waals surface area contributed by atoms with Gasteiger partial charge in [-0.3, -0.25) is 9.89 Å². The first-order valence-corrected chi connectivity index (χ1v) is 6.76. The fraction of sp³-hybridized carbons (Fsp3) is 0.333. The van der Waals surface area contributed by atoms with Crippen LogP contribution in [0.1, 0.15) is 39.4 Å². The second-order valence-electron chi connectivity index (χ2n) is 4.82. The molecule has 1 amide bonds. The Kier molecular flexibility index (Phi) is 4.67. The molecule has 0 aromatic carbocycles. The molecule has 2 N–H and O–H groups in total. The number of pyridine rings is 1. The average molecular weight is 283 g/mol. The number of aromatic amines is 1. The second kappa shape index (κ2) is 6.66. The molecule has 2 heterocycles. The molecule has 0 unspecified atom stereocenters. The lowest BCUT2D eigenvalue weighted by atomic mass is 10.1. The molecule has 0 radical (unpaired) electrons. The summed E-state index contributed by atoms with van der Waals surface area (Å²) in [7, 11) is 0. The number of nitrogens with zero attached hydrogens (tertiary/aromatic N) is 3. The molecule has 0 saturated heterocycles. The van der Waals surface area contributed by atoms with Crippen LogP contribution in [0.3, 0.4) is 0 Å². The maximum absolute atomic E-state index is 11.9. The largest absolute Gasteiger partial charge is 0.351 e. The van der Waals surface area contributed by atoms with Crippen molar-refractivity contribution < 1.29 is 4.79 Å². The van der Waals surface area contributed by atoms with Crippen molar-refractivity contribution in [3.63, 3.8) is 0 Å². The molecule has 0 atom stereocenters. The number of hydrogen-bond donors (Lipinski definition) is 2. The lowest BCUT2D eigenvalue weighted by Gasteiger charge is -2.05. The summed E-state index contributed by atoms with van der Waals surface area (Å²) in [5.74, 6) is -0.216. The van der Waals surface area contributed by atoms with E-state index >= 15 is 0 Å². The molecule has 108 valence electrons. The maximum atomic E-state index is 11.9. The van der Waals surface area contributed by atoms with Crippen molar-refractivity contribution in [1.82, 2.24) is 20.5 Å². The van der Waals surface area contributed by atoms with Crippen molar-refractivity contribution >= 4 is 5.91 Å². The molecular weight excluding hydrogens is 266 g/mol. The molecule has 2 aromatic heterocycles. The van der Waals surface area contributed by atoms with Gasteiger partial charge in [-0.05, 0) is 44.4 Å². The first-order chi connectivity index (χ1) is 10.1. The van der Waals surface area contributed by atoms with Gasteiger partial charge in [0, 0.05) is 12.2 Å². The van der Waals surface area contributed by atoms with Crippen molar-refractivity contribution in [2.24, 2.45) is 0 Å². The van der Waals surface area contributed by atoms with E-state index in [1.54, 1.807) is 19.1 Å². The van der Waals surface area contributed by atoms with Crippen molar-refractivity contribution in [2.75, 3.05) is 6.54 Å². The van der Waals surface area contributed by atoms with Crippen molar-refractivity contribution in [3.05, 3.63) is 46.5 Å². The SMILES string of the molecule is Cc1nc(C(=O)NCCCc2cn[nH]c2C)ccc1C#N. The van der Waals surface area contributed by atoms with Crippen molar-refractivity contribution in [1.29, 1.82) is 5.26 Å². The third kappa shape index (κ3) is 3.66. The Morgan fingerprint density at radius 1 is 1.43 bits per heavy atom. The van der Waals surface area contributed by atoms with Gasteiger partial charge in [-0.25, -0.2) is 4.98 Å². The van der Waals surface area contributed by atoms with Gasteiger partial charge in [-0.2, -0.15) is 10.4 Å². The number of hydrogen-bond acceptors (Lipinski definition) is 4. The Bertz CT molecular complexity index is 684. The second-order valence-corrected chi connectivity index (χ2v) is 4.82. The zero-order valence-electron chi connectivity index (χ0n) is 12.1. The summed E-state index contributed by atoms with van der Waals surface area (Å²) in [5.41, 5.74) is 3.62. The summed E-state index contributed by atoms with van der Waals surface area (Å²) >= 11 is 0. The molecule has 21 heavy (non-hydrogen) atoms. The number of aromatic nitrogens is 3. The predicted molar refractivity (Wildman–Crippen MR) is 77.7 cm³/mol. The van der Waals surface area contributed by atoms with Crippen LogP contribution < -0.4 is 5.32 Å². The lowest BCUT2D eigenvalue weighted by Crippen LogP contribution is -2.26. The number of carbonyl (C=O) groups is 1. The summed E-state index contributed by atoms with van der Waals surface area (Å²) in [4.78, 5) is 16.1. The molecule has 6 heteroatoms. The topological polar surface area (TPSA) is 94.5 Å². The van der Waals surface area contributed by atoms with E-state index in [1.807, 2.05) is 19.2 Å². The van der Waals surface area contributed by atoms with Crippen LogP contribution in [0.2, 0.25) is 0 Å². The maximum Gasteiger partial charge on any atom is 0.269 e. The van der Waals surface area contributed by atoms with E-state index in [-0.39, 0.29) is 5.91 Å². The number of H-pyrrole nitrogens is 1. The molecule has 2 aromatic rings. The van der Waals surface area contributed by atoms with Crippen molar-refractivity contribution in [2.45, 2.75) is 26.7 Å². The van der Waals surface area contributed by atoms with Crippen LogP contribution in [0.25, 0.3) is 0 Å². The highest BCUT2D eigenvalue weighted by Gasteiger charge is 2.09. The molecule has 0 aliphatic heterocycles. The van der Waals surface area contributed by atoms with Crippen LogP contribution in [0.15, 0.2) is 18.3 Å². The Hall–Kier alpha value is -2.68. The van der Waals surface area contributed by atoms with Crippen LogP contribution in [-0.4, -0.2) is 27.6 Å². The Morgan fingerprint density at radius 2 is 2.24 bits per heavy atom. The summed E-state index contributed by atoms with van der Waals surface area (Å²) < 4.78 is 0. The molecule has 6 nitrogen and oxygen atoms in total. The van der Waals surface area contributed by atoms with Gasteiger partial charge in [-0.1, -0.05) is 0 Å². The van der Waals surface area contributed by atoms with Gasteiger partial charge in [0.1, 0.15) is 11.8 Å². The zero-order valence-corrected chi connectivity index (χ0v) is 12.1. The standard InChI is InChI=1S/C15H17N5O/c1-10-12(8-16)5-6-14(19-10)15(21)17-7-3-4-13-9-18-20-11(13)2/h5-6,9H,3-4,7H2,1-2H3,(H,17,21)(H,18,20). The smallest absolute Gasteiger partial charge is 0.269 e. The van der Waals surface area contributed by atoms with Gasteiger partial charge in [0.15, 0.2) is 0 Å². The van der Waals surface area contributed by atoms with Gasteiger partial charge in [0.2, 0.25) is 0 Å². The molecular formula is C15H17N5O. The van der Waals surface area contributed by atoms with Crippen molar-refractivity contribution in [3.8, 4) is 6.07 Å². The lowest BCUT2D eigenvalue weighted by molar-refractivity contribution is 0.0948. The summed E-state index contributed by atoms with van der Waals surface area (Å²) in [6.07, 6.45) is 3.51. The zero-order chi connectivity index (χ0) is 15.2. The Balaban J connectivity index is 1.84. The highest BCUT2D eigenvalue weighted by atomic mass is 16.1. The molecule has 0 bridgehead atoms. The summed E-state index contributed by atoms with van der Waals surface area (Å²) in [6.45, 7) is 4.27. The third-order valence-corrected chi connectivity index (χ3v) is 3.28. The molecule has 0 aliphatic rings. The number of nitrogens with one attached hydrogen (secondary N) is 2. The number of aryl methyl sites for hydroxylation is 3. The predicted octanol–water partition coefficient (Wildman–Crippen LogP) is 1.66. The van der Waals surface area contributed by atoms with E-state index in [0.29, 0.717) is 23.5 Å². The van der Waals surface area contributed by atoms with E-state index in [1.165, 1.54) is 0 Å². The molecule has 0 saturated carbocycles. The number of rotatable bonds is 5.